The van der Waals surface area contributed by atoms with Crippen LogP contribution in [0.15, 0.2) is 34.3 Å². The van der Waals surface area contributed by atoms with Crippen LogP contribution in [0.25, 0.3) is 0 Å². The predicted molar refractivity (Wildman–Crippen MR) is 85.2 cm³/mol. The number of hydrazone groups is 1. The lowest BCUT2D eigenvalue weighted by molar-refractivity contribution is 0.311. The highest BCUT2D eigenvalue weighted by Crippen LogP contribution is 2.27. The molecule has 0 aliphatic carbocycles. The molecule has 1 aromatic heterocycles. The third-order valence-corrected chi connectivity index (χ3v) is 3.06. The van der Waals surface area contributed by atoms with Gasteiger partial charge in [0.25, 0.3) is 5.56 Å². The summed E-state index contributed by atoms with van der Waals surface area (Å²) in [5.74, 6) is 1.28. The van der Waals surface area contributed by atoms with Gasteiger partial charge in [-0.1, -0.05) is 11.6 Å². The molecule has 0 saturated carbocycles. The Morgan fingerprint density at radius 1 is 1.45 bits per heavy atom. The van der Waals surface area contributed by atoms with Crippen LogP contribution in [0.3, 0.4) is 0 Å². The Bertz CT molecular complexity index is 730. The fourth-order valence-electron chi connectivity index (χ4n) is 1.68. The van der Waals surface area contributed by atoms with Crippen molar-refractivity contribution >= 4 is 23.5 Å². The van der Waals surface area contributed by atoms with Crippen molar-refractivity contribution in [3.8, 4) is 11.5 Å². The van der Waals surface area contributed by atoms with Crippen LogP contribution in [0.2, 0.25) is 5.02 Å². The van der Waals surface area contributed by atoms with Crippen LogP contribution in [-0.4, -0.2) is 30.1 Å². The molecule has 0 fully saturated rings. The molecule has 0 unspecified atom stereocenters. The van der Waals surface area contributed by atoms with Crippen LogP contribution in [0, 0.1) is 0 Å². The van der Waals surface area contributed by atoms with Gasteiger partial charge >= 0.3 is 0 Å². The Balaban J connectivity index is 2.14. The van der Waals surface area contributed by atoms with Crippen molar-refractivity contribution in [3.05, 3.63) is 45.3 Å². The lowest BCUT2D eigenvalue weighted by Crippen LogP contribution is -2.10. The summed E-state index contributed by atoms with van der Waals surface area (Å²) in [7, 11) is 1.58. The van der Waals surface area contributed by atoms with E-state index in [1.54, 1.807) is 25.5 Å². The average Bonchev–Trinajstić information content (AvgIpc) is 2.52. The van der Waals surface area contributed by atoms with Crippen LogP contribution < -0.4 is 20.5 Å². The van der Waals surface area contributed by atoms with E-state index in [2.05, 4.69) is 20.7 Å². The highest BCUT2D eigenvalue weighted by molar-refractivity contribution is 6.32. The predicted octanol–water partition coefficient (Wildman–Crippen LogP) is 2.28. The molecule has 0 aliphatic heterocycles. The number of nitrogens with zero attached hydrogens (tertiary/aromatic N) is 2. The molecular formula is C14H15ClN4O3. The minimum atomic E-state index is -0.482. The van der Waals surface area contributed by atoms with Gasteiger partial charge in [0.05, 0.1) is 26.1 Å². The minimum Gasteiger partial charge on any atom is -0.493 e. The van der Waals surface area contributed by atoms with Crippen molar-refractivity contribution in [2.75, 3.05) is 19.1 Å². The largest absolute Gasteiger partial charge is 0.493 e. The molecule has 7 nitrogen and oxygen atoms in total. The Labute approximate surface area is 131 Å². The molecule has 0 aliphatic rings. The molecule has 0 saturated heterocycles. The normalized spacial score (nSPS) is 10.7. The van der Waals surface area contributed by atoms with E-state index in [1.807, 2.05) is 13.0 Å². The average molecular weight is 323 g/mol. The second-order valence-corrected chi connectivity index (χ2v) is 4.52. The molecule has 2 aromatic rings. The molecule has 0 atom stereocenters. The Morgan fingerprint density at radius 2 is 2.27 bits per heavy atom. The summed E-state index contributed by atoms with van der Waals surface area (Å²) < 4.78 is 10.7. The standard InChI is InChI=1S/C14H15ClN4O3/c1-3-22-12-6-9(4-5-11(12)21-2)7-16-18-10-8-17-19-14(20)13(10)15/h4-8H,3H2,1-2H3,(H2,18,19,20)/b16-7-. The first kappa shape index (κ1) is 15.8. The Kier molecular flexibility index (Phi) is 5.37. The molecule has 0 spiro atoms. The smallest absolute Gasteiger partial charge is 0.285 e. The number of methoxy groups -OCH3 is 1. The summed E-state index contributed by atoms with van der Waals surface area (Å²) in [4.78, 5) is 11.3. The number of benzene rings is 1. The van der Waals surface area contributed by atoms with Gasteiger partial charge in [0.1, 0.15) is 10.7 Å². The molecule has 22 heavy (non-hydrogen) atoms. The van der Waals surface area contributed by atoms with Gasteiger partial charge < -0.3 is 9.47 Å². The molecule has 8 heteroatoms. The molecule has 1 heterocycles. The van der Waals surface area contributed by atoms with E-state index in [0.717, 1.165) is 5.56 Å². The Morgan fingerprint density at radius 3 is 3.00 bits per heavy atom. The summed E-state index contributed by atoms with van der Waals surface area (Å²) in [6.07, 6.45) is 2.94. The zero-order valence-electron chi connectivity index (χ0n) is 12.1. The van der Waals surface area contributed by atoms with Gasteiger partial charge in [0, 0.05) is 0 Å². The van der Waals surface area contributed by atoms with Crippen molar-refractivity contribution in [1.29, 1.82) is 0 Å². The van der Waals surface area contributed by atoms with Gasteiger partial charge in [0.15, 0.2) is 11.5 Å². The summed E-state index contributed by atoms with van der Waals surface area (Å²) >= 11 is 5.82. The van der Waals surface area contributed by atoms with Crippen LogP contribution in [-0.2, 0) is 0 Å². The number of anilines is 1. The van der Waals surface area contributed by atoms with E-state index in [0.29, 0.717) is 23.8 Å². The van der Waals surface area contributed by atoms with Gasteiger partial charge in [-0.2, -0.15) is 10.2 Å². The van der Waals surface area contributed by atoms with E-state index < -0.39 is 5.56 Å². The van der Waals surface area contributed by atoms with E-state index in [1.165, 1.54) is 6.20 Å². The first-order valence-electron chi connectivity index (χ1n) is 6.48. The summed E-state index contributed by atoms with van der Waals surface area (Å²) in [5, 5.41) is 9.88. The van der Waals surface area contributed by atoms with Gasteiger partial charge in [0.2, 0.25) is 0 Å². The summed E-state index contributed by atoms with van der Waals surface area (Å²) in [5.41, 5.74) is 3.30. The monoisotopic (exact) mass is 322 g/mol. The number of hydrogen-bond donors (Lipinski definition) is 2. The van der Waals surface area contributed by atoms with Crippen LogP contribution in [0.4, 0.5) is 5.69 Å². The second-order valence-electron chi connectivity index (χ2n) is 4.14. The Hall–Kier alpha value is -2.54. The number of aromatic nitrogens is 2. The zero-order valence-corrected chi connectivity index (χ0v) is 12.8. The molecule has 116 valence electrons. The number of halogens is 1. The maximum atomic E-state index is 11.3. The number of nitrogens with one attached hydrogen (secondary N) is 2. The summed E-state index contributed by atoms with van der Waals surface area (Å²) in [6.45, 7) is 2.42. The van der Waals surface area contributed by atoms with Gasteiger partial charge in [-0.25, -0.2) is 5.10 Å². The molecule has 0 bridgehead atoms. The van der Waals surface area contributed by atoms with E-state index in [4.69, 9.17) is 21.1 Å². The van der Waals surface area contributed by atoms with E-state index in [9.17, 15) is 4.79 Å². The lowest BCUT2D eigenvalue weighted by Gasteiger charge is -2.09. The highest BCUT2D eigenvalue weighted by Gasteiger charge is 2.05. The van der Waals surface area contributed by atoms with Crippen LogP contribution in [0.5, 0.6) is 11.5 Å². The molecule has 2 rings (SSSR count). The molecule has 0 radical (unpaired) electrons. The minimum absolute atomic E-state index is 0.00288. The fraction of sp³-hybridized carbons (Fsp3) is 0.214. The van der Waals surface area contributed by atoms with Crippen molar-refractivity contribution in [3.63, 3.8) is 0 Å². The van der Waals surface area contributed by atoms with Crippen LogP contribution in [0.1, 0.15) is 12.5 Å². The number of H-pyrrole nitrogens is 1. The van der Waals surface area contributed by atoms with Gasteiger partial charge in [-0.05, 0) is 30.7 Å². The molecule has 2 N–H and O–H groups in total. The maximum Gasteiger partial charge on any atom is 0.285 e. The van der Waals surface area contributed by atoms with Crippen molar-refractivity contribution in [2.45, 2.75) is 6.92 Å². The van der Waals surface area contributed by atoms with Crippen molar-refractivity contribution in [2.24, 2.45) is 5.10 Å². The van der Waals surface area contributed by atoms with E-state index in [-0.39, 0.29) is 5.02 Å². The molecule has 1 aromatic carbocycles. The number of ether oxygens (including phenoxy) is 2. The first-order valence-corrected chi connectivity index (χ1v) is 6.86. The summed E-state index contributed by atoms with van der Waals surface area (Å²) in [6, 6.07) is 5.41. The fourth-order valence-corrected chi connectivity index (χ4v) is 1.81. The third kappa shape index (κ3) is 3.76. The molecular weight excluding hydrogens is 308 g/mol. The molecule has 0 amide bonds. The van der Waals surface area contributed by atoms with E-state index >= 15 is 0 Å². The van der Waals surface area contributed by atoms with Gasteiger partial charge in [-0.15, -0.1) is 0 Å². The second kappa shape index (κ2) is 7.46. The van der Waals surface area contributed by atoms with Crippen LogP contribution >= 0.6 is 11.6 Å². The van der Waals surface area contributed by atoms with Gasteiger partial charge in [-0.3, -0.25) is 10.2 Å². The third-order valence-electron chi connectivity index (χ3n) is 2.68. The SMILES string of the molecule is CCOc1cc(/C=N\Nc2cn[nH]c(=O)c2Cl)ccc1OC. The van der Waals surface area contributed by atoms with Crippen molar-refractivity contribution < 1.29 is 9.47 Å². The number of aromatic amines is 1. The van der Waals surface area contributed by atoms with Crippen molar-refractivity contribution in [1.82, 2.24) is 10.2 Å². The zero-order chi connectivity index (χ0) is 15.9. The number of hydrogen-bond acceptors (Lipinski definition) is 6. The highest BCUT2D eigenvalue weighted by atomic mass is 35.5. The topological polar surface area (TPSA) is 88.6 Å². The first-order chi connectivity index (χ1) is 10.7. The maximum absolute atomic E-state index is 11.3. The number of rotatable bonds is 6. The quantitative estimate of drug-likeness (QED) is 0.629. The lowest BCUT2D eigenvalue weighted by atomic mass is 10.2.